The third-order valence-electron chi connectivity index (χ3n) is 0.550. The summed E-state index contributed by atoms with van der Waals surface area (Å²) < 4.78 is 0. The number of rotatable bonds is 4. The molecule has 0 saturated heterocycles. The van der Waals surface area contributed by atoms with Crippen LogP contribution in [0.3, 0.4) is 0 Å². The van der Waals surface area contributed by atoms with Gasteiger partial charge in [0.1, 0.15) is 6.61 Å². The molecule has 0 heterocycles. The zero-order valence-corrected chi connectivity index (χ0v) is 5.24. The molecular weight excluding hydrogens is 149 g/mol. The second kappa shape index (κ2) is 4.34. The van der Waals surface area contributed by atoms with E-state index in [0.717, 1.165) is 0 Å². The molecule has 0 aliphatic carbocycles. The Kier molecular flexibility index (Phi) is 4.08. The van der Waals surface area contributed by atoms with Gasteiger partial charge in [0, 0.05) is 0 Å². The van der Waals surface area contributed by atoms with Crippen molar-refractivity contribution in [2.24, 2.45) is 0 Å². The van der Waals surface area contributed by atoms with Crippen molar-refractivity contribution < 1.29 is 15.0 Å². The monoisotopic (exact) mass is 155 g/mol. The summed E-state index contributed by atoms with van der Waals surface area (Å²) in [7, 11) is 0. The van der Waals surface area contributed by atoms with E-state index in [1.807, 2.05) is 0 Å². The SMILES string of the molecule is O=[N+]([O-])OCC(O)CCl. The molecule has 6 heteroatoms. The van der Waals surface area contributed by atoms with Gasteiger partial charge < -0.3 is 9.94 Å². The number of nitrogens with zero attached hydrogens (tertiary/aromatic N) is 1. The first kappa shape index (κ1) is 8.45. The van der Waals surface area contributed by atoms with Crippen molar-refractivity contribution in [3.63, 3.8) is 0 Å². The molecule has 1 atom stereocenters. The molecule has 5 nitrogen and oxygen atoms in total. The normalized spacial score (nSPS) is 12.7. The maximum absolute atomic E-state index is 9.45. The standard InChI is InChI=1S/C3H6ClNO4/c4-1-3(6)2-9-5(7)8/h3,6H,1-2H2. The minimum absolute atomic E-state index is 0.0617. The molecule has 0 rings (SSSR count). The molecule has 0 aromatic heterocycles. The third kappa shape index (κ3) is 5.32. The van der Waals surface area contributed by atoms with Gasteiger partial charge in [-0.1, -0.05) is 0 Å². The lowest BCUT2D eigenvalue weighted by Crippen LogP contribution is -2.18. The first-order valence-corrected chi connectivity index (χ1v) is 2.71. The van der Waals surface area contributed by atoms with Crippen LogP contribution in [0.4, 0.5) is 0 Å². The molecule has 9 heavy (non-hydrogen) atoms. The lowest BCUT2D eigenvalue weighted by Gasteiger charge is -2.02. The van der Waals surface area contributed by atoms with E-state index in [1.165, 1.54) is 0 Å². The van der Waals surface area contributed by atoms with Gasteiger partial charge in [-0.3, -0.25) is 0 Å². The smallest absolute Gasteiger partial charge is 0.294 e. The highest BCUT2D eigenvalue weighted by atomic mass is 35.5. The molecule has 1 unspecified atom stereocenters. The van der Waals surface area contributed by atoms with Gasteiger partial charge in [-0.2, -0.15) is 0 Å². The predicted octanol–water partition coefficient (Wildman–Crippen LogP) is -0.206. The molecule has 1 N–H and O–H groups in total. The second-order valence-corrected chi connectivity index (χ2v) is 1.64. The van der Waals surface area contributed by atoms with Crippen LogP contribution in [0.25, 0.3) is 0 Å². The van der Waals surface area contributed by atoms with E-state index < -0.39 is 11.2 Å². The molecule has 0 spiro atoms. The molecule has 0 aromatic carbocycles. The molecule has 54 valence electrons. The van der Waals surface area contributed by atoms with Crippen LogP contribution in [-0.4, -0.2) is 28.8 Å². The van der Waals surface area contributed by atoms with Crippen LogP contribution in [0.5, 0.6) is 0 Å². The Balaban J connectivity index is 3.16. The molecule has 0 aliphatic rings. The van der Waals surface area contributed by atoms with Crippen molar-refractivity contribution in [2.45, 2.75) is 6.10 Å². The van der Waals surface area contributed by atoms with Gasteiger partial charge in [0.05, 0.1) is 12.0 Å². The number of aliphatic hydroxyl groups excluding tert-OH is 1. The minimum atomic E-state index is -0.976. The Morgan fingerprint density at radius 1 is 1.89 bits per heavy atom. The maximum Gasteiger partial charge on any atom is 0.294 e. The fraction of sp³-hybridized carbons (Fsp3) is 1.00. The van der Waals surface area contributed by atoms with Gasteiger partial charge in [-0.15, -0.1) is 21.7 Å². The predicted molar refractivity (Wildman–Crippen MR) is 29.7 cm³/mol. The van der Waals surface area contributed by atoms with Crippen LogP contribution in [0, 0.1) is 10.1 Å². The van der Waals surface area contributed by atoms with Gasteiger partial charge in [0.2, 0.25) is 0 Å². The van der Waals surface area contributed by atoms with Crippen molar-refractivity contribution in [1.82, 2.24) is 0 Å². The van der Waals surface area contributed by atoms with E-state index in [2.05, 4.69) is 4.84 Å². The van der Waals surface area contributed by atoms with Crippen LogP contribution in [0.2, 0.25) is 0 Å². The topological polar surface area (TPSA) is 72.6 Å². The van der Waals surface area contributed by atoms with Crippen molar-refractivity contribution >= 4 is 11.6 Å². The van der Waals surface area contributed by atoms with Crippen LogP contribution < -0.4 is 0 Å². The van der Waals surface area contributed by atoms with E-state index in [0.29, 0.717) is 0 Å². The van der Waals surface area contributed by atoms with Gasteiger partial charge in [0.15, 0.2) is 0 Å². The maximum atomic E-state index is 9.45. The molecule has 0 bridgehead atoms. The Morgan fingerprint density at radius 3 is 2.78 bits per heavy atom. The molecule has 0 amide bonds. The van der Waals surface area contributed by atoms with Gasteiger partial charge in [-0.25, -0.2) is 0 Å². The summed E-state index contributed by atoms with van der Waals surface area (Å²) >= 11 is 5.08. The highest BCUT2D eigenvalue weighted by Crippen LogP contribution is 1.87. The Hall–Kier alpha value is -0.550. The fourth-order valence-electron chi connectivity index (χ4n) is 0.191. The molecule has 0 saturated carbocycles. The van der Waals surface area contributed by atoms with Gasteiger partial charge in [-0.05, 0) is 0 Å². The number of hydrogen-bond acceptors (Lipinski definition) is 4. The van der Waals surface area contributed by atoms with Crippen molar-refractivity contribution in [1.29, 1.82) is 0 Å². The highest BCUT2D eigenvalue weighted by Gasteiger charge is 2.03. The lowest BCUT2D eigenvalue weighted by molar-refractivity contribution is -0.759. The zero-order chi connectivity index (χ0) is 7.28. The van der Waals surface area contributed by atoms with Crippen LogP contribution in [-0.2, 0) is 4.84 Å². The second-order valence-electron chi connectivity index (χ2n) is 1.33. The Morgan fingerprint density at radius 2 is 2.44 bits per heavy atom. The van der Waals surface area contributed by atoms with Crippen LogP contribution >= 0.6 is 11.6 Å². The summed E-state index contributed by atoms with van der Waals surface area (Å²) in [5.41, 5.74) is 0. The molecule has 0 aromatic rings. The summed E-state index contributed by atoms with van der Waals surface area (Å²) in [4.78, 5) is 13.2. The van der Waals surface area contributed by atoms with Crippen molar-refractivity contribution in [2.75, 3.05) is 12.5 Å². The van der Waals surface area contributed by atoms with E-state index in [-0.39, 0.29) is 12.5 Å². The molecule has 0 fully saturated rings. The van der Waals surface area contributed by atoms with E-state index in [4.69, 9.17) is 16.7 Å². The van der Waals surface area contributed by atoms with Gasteiger partial charge >= 0.3 is 0 Å². The number of alkyl halides is 1. The summed E-state index contributed by atoms with van der Waals surface area (Å²) in [6.45, 7) is -0.365. The summed E-state index contributed by atoms with van der Waals surface area (Å²) in [6.07, 6.45) is -0.961. The Bertz CT molecular complexity index is 97.8. The van der Waals surface area contributed by atoms with E-state index >= 15 is 0 Å². The average molecular weight is 156 g/mol. The fourth-order valence-corrected chi connectivity index (χ4v) is 0.281. The highest BCUT2D eigenvalue weighted by molar-refractivity contribution is 6.18. The third-order valence-corrected chi connectivity index (χ3v) is 0.907. The summed E-state index contributed by atoms with van der Waals surface area (Å²) in [5, 5.41) is 17.0. The number of halogens is 1. The first-order valence-electron chi connectivity index (χ1n) is 2.18. The zero-order valence-electron chi connectivity index (χ0n) is 4.49. The van der Waals surface area contributed by atoms with E-state index in [9.17, 15) is 10.1 Å². The molecule has 0 radical (unpaired) electrons. The van der Waals surface area contributed by atoms with Crippen molar-refractivity contribution in [3.8, 4) is 0 Å². The van der Waals surface area contributed by atoms with Crippen molar-refractivity contribution in [3.05, 3.63) is 10.1 Å². The molecular formula is C3H6ClNO4. The number of hydrogen-bond donors (Lipinski definition) is 1. The van der Waals surface area contributed by atoms with E-state index in [1.54, 1.807) is 0 Å². The summed E-state index contributed by atoms with van der Waals surface area (Å²) in [5.74, 6) is -0.0617. The van der Waals surface area contributed by atoms with Crippen LogP contribution in [0.15, 0.2) is 0 Å². The first-order chi connectivity index (χ1) is 4.16. The minimum Gasteiger partial charge on any atom is -0.390 e. The summed E-state index contributed by atoms with van der Waals surface area (Å²) in [6, 6.07) is 0. The molecule has 0 aliphatic heterocycles. The quantitative estimate of drug-likeness (QED) is 0.347. The lowest BCUT2D eigenvalue weighted by atomic mass is 10.4. The average Bonchev–Trinajstić information content (AvgIpc) is 1.83. The largest absolute Gasteiger partial charge is 0.390 e. The van der Waals surface area contributed by atoms with Crippen LogP contribution in [0.1, 0.15) is 0 Å². The van der Waals surface area contributed by atoms with Gasteiger partial charge in [0.25, 0.3) is 5.09 Å². The number of aliphatic hydroxyl groups is 1. The Labute approximate surface area is 56.3 Å².